The van der Waals surface area contributed by atoms with Crippen molar-refractivity contribution in [2.75, 3.05) is 5.32 Å². The van der Waals surface area contributed by atoms with Gasteiger partial charge in [-0.1, -0.05) is 48.7 Å². The van der Waals surface area contributed by atoms with E-state index >= 15 is 0 Å². The summed E-state index contributed by atoms with van der Waals surface area (Å²) in [5.41, 5.74) is 7.26. The third kappa shape index (κ3) is 3.85. The number of nitrogens with one attached hydrogen (secondary N) is 1. The lowest BCUT2D eigenvalue weighted by Gasteiger charge is -2.28. The van der Waals surface area contributed by atoms with Crippen LogP contribution in [0.25, 0.3) is 0 Å². The average Bonchev–Trinajstić information content (AvgIpc) is 3.08. The number of hydrogen-bond acceptors (Lipinski definition) is 2. The van der Waals surface area contributed by atoms with E-state index in [0.29, 0.717) is 5.02 Å². The zero-order valence-electron chi connectivity index (χ0n) is 13.9. The maximum absolute atomic E-state index is 13.1. The van der Waals surface area contributed by atoms with Gasteiger partial charge in [0.25, 0.3) is 0 Å². The molecule has 1 fully saturated rings. The number of carbonyl (C=O) groups is 2. The molecule has 0 heterocycles. The van der Waals surface area contributed by atoms with Crippen LogP contribution in [0.3, 0.4) is 0 Å². The van der Waals surface area contributed by atoms with E-state index in [1.54, 1.807) is 12.1 Å². The summed E-state index contributed by atoms with van der Waals surface area (Å²) in [6, 6.07) is 14.8. The zero-order valence-corrected chi connectivity index (χ0v) is 14.7. The first-order valence-electron chi connectivity index (χ1n) is 8.44. The molecular formula is C20H21ClN2O2. The van der Waals surface area contributed by atoms with Gasteiger partial charge in [0.2, 0.25) is 11.8 Å². The van der Waals surface area contributed by atoms with E-state index in [-0.39, 0.29) is 18.2 Å². The molecular weight excluding hydrogens is 336 g/mol. The molecule has 130 valence electrons. The Kier molecular flexibility index (Phi) is 5.09. The summed E-state index contributed by atoms with van der Waals surface area (Å²) in [4.78, 5) is 24.0. The highest BCUT2D eigenvalue weighted by Crippen LogP contribution is 2.42. The highest BCUT2D eigenvalue weighted by Gasteiger charge is 2.42. The molecule has 1 aliphatic rings. The Morgan fingerprint density at radius 2 is 1.60 bits per heavy atom. The van der Waals surface area contributed by atoms with E-state index in [2.05, 4.69) is 5.32 Å². The Bertz CT molecular complexity index is 763. The van der Waals surface area contributed by atoms with Gasteiger partial charge in [-0.2, -0.15) is 0 Å². The molecule has 0 radical (unpaired) electrons. The fourth-order valence-electron chi connectivity index (χ4n) is 3.55. The molecule has 0 spiro atoms. The van der Waals surface area contributed by atoms with Gasteiger partial charge in [-0.25, -0.2) is 0 Å². The second kappa shape index (κ2) is 7.28. The summed E-state index contributed by atoms with van der Waals surface area (Å²) < 4.78 is 0. The summed E-state index contributed by atoms with van der Waals surface area (Å²) in [5, 5.41) is 3.70. The smallest absolute Gasteiger partial charge is 0.235 e. The number of rotatable bonds is 5. The molecule has 1 saturated carbocycles. The van der Waals surface area contributed by atoms with E-state index in [1.165, 1.54) is 0 Å². The van der Waals surface area contributed by atoms with Crippen LogP contribution in [-0.4, -0.2) is 11.8 Å². The molecule has 2 amide bonds. The minimum absolute atomic E-state index is 0.00923. The third-order valence-corrected chi connectivity index (χ3v) is 5.13. The predicted molar refractivity (Wildman–Crippen MR) is 99.6 cm³/mol. The number of carbonyl (C=O) groups excluding carboxylic acids is 2. The maximum atomic E-state index is 13.1. The highest BCUT2D eigenvalue weighted by molar-refractivity contribution is 6.30. The Morgan fingerprint density at radius 1 is 1.00 bits per heavy atom. The van der Waals surface area contributed by atoms with Crippen molar-refractivity contribution in [2.45, 2.75) is 37.5 Å². The van der Waals surface area contributed by atoms with Crippen LogP contribution in [0.5, 0.6) is 0 Å². The molecule has 0 unspecified atom stereocenters. The largest absolute Gasteiger partial charge is 0.369 e. The molecule has 0 bridgehead atoms. The number of nitrogens with two attached hydrogens (primary N) is 1. The maximum Gasteiger partial charge on any atom is 0.235 e. The first kappa shape index (κ1) is 17.5. The third-order valence-electron chi connectivity index (χ3n) is 4.88. The molecule has 0 aliphatic heterocycles. The van der Waals surface area contributed by atoms with Crippen LogP contribution in [0.15, 0.2) is 48.5 Å². The van der Waals surface area contributed by atoms with Gasteiger partial charge in [0.05, 0.1) is 11.8 Å². The highest BCUT2D eigenvalue weighted by atomic mass is 35.5. The first-order valence-corrected chi connectivity index (χ1v) is 8.82. The summed E-state index contributed by atoms with van der Waals surface area (Å²) in [5.74, 6) is -0.362. The molecule has 4 nitrogen and oxygen atoms in total. The molecule has 1 aliphatic carbocycles. The SMILES string of the molecule is NC(=O)Cc1ccc(NC(=O)C2(c3ccc(Cl)cc3)CCCC2)cc1. The van der Waals surface area contributed by atoms with Crippen molar-refractivity contribution in [3.63, 3.8) is 0 Å². The summed E-state index contributed by atoms with van der Waals surface area (Å²) in [7, 11) is 0. The van der Waals surface area contributed by atoms with Crippen LogP contribution in [0.4, 0.5) is 5.69 Å². The standard InChI is InChI=1S/C20H21ClN2O2/c21-16-7-5-15(6-8-16)20(11-1-2-12-20)19(25)23-17-9-3-14(4-10-17)13-18(22)24/h3-10H,1-2,11-13H2,(H2,22,24)(H,23,25). The Balaban J connectivity index is 1.79. The Hall–Kier alpha value is -2.33. The number of primary amides is 1. The van der Waals surface area contributed by atoms with E-state index in [9.17, 15) is 9.59 Å². The summed E-state index contributed by atoms with van der Waals surface area (Å²) in [6.45, 7) is 0. The molecule has 0 atom stereocenters. The zero-order chi connectivity index (χ0) is 17.9. The van der Waals surface area contributed by atoms with Crippen LogP contribution in [-0.2, 0) is 21.4 Å². The predicted octanol–water partition coefficient (Wildman–Crippen LogP) is 3.82. The van der Waals surface area contributed by atoms with Crippen molar-refractivity contribution in [1.29, 1.82) is 0 Å². The molecule has 0 saturated heterocycles. The van der Waals surface area contributed by atoms with Gasteiger partial charge in [-0.05, 0) is 48.2 Å². The Labute approximate surface area is 152 Å². The topological polar surface area (TPSA) is 72.2 Å². The van der Waals surface area contributed by atoms with E-state index < -0.39 is 5.41 Å². The van der Waals surface area contributed by atoms with Gasteiger partial charge in [0.1, 0.15) is 0 Å². The second-order valence-corrected chi connectivity index (χ2v) is 7.03. The Morgan fingerprint density at radius 3 is 2.16 bits per heavy atom. The van der Waals surface area contributed by atoms with Crippen LogP contribution < -0.4 is 11.1 Å². The number of hydrogen-bond donors (Lipinski definition) is 2. The molecule has 2 aromatic carbocycles. The van der Waals surface area contributed by atoms with E-state index in [0.717, 1.165) is 42.5 Å². The monoisotopic (exact) mass is 356 g/mol. The summed E-state index contributed by atoms with van der Waals surface area (Å²) >= 11 is 5.99. The molecule has 5 heteroatoms. The number of benzene rings is 2. The van der Waals surface area contributed by atoms with Gasteiger partial charge < -0.3 is 11.1 Å². The number of amides is 2. The van der Waals surface area contributed by atoms with Crippen LogP contribution in [0.2, 0.25) is 5.02 Å². The molecule has 3 N–H and O–H groups in total. The number of halogens is 1. The second-order valence-electron chi connectivity index (χ2n) is 6.59. The fraction of sp³-hybridized carbons (Fsp3) is 0.300. The van der Waals surface area contributed by atoms with Gasteiger partial charge in [0.15, 0.2) is 0 Å². The van der Waals surface area contributed by atoms with E-state index in [4.69, 9.17) is 17.3 Å². The van der Waals surface area contributed by atoms with Crippen molar-refractivity contribution >= 4 is 29.1 Å². The molecule has 0 aromatic heterocycles. The molecule has 2 aromatic rings. The lowest BCUT2D eigenvalue weighted by Crippen LogP contribution is -2.37. The van der Waals surface area contributed by atoms with Crippen molar-refractivity contribution in [3.05, 3.63) is 64.7 Å². The van der Waals surface area contributed by atoms with Crippen LogP contribution in [0, 0.1) is 0 Å². The molecule has 25 heavy (non-hydrogen) atoms. The van der Waals surface area contributed by atoms with Crippen molar-refractivity contribution < 1.29 is 9.59 Å². The minimum Gasteiger partial charge on any atom is -0.369 e. The average molecular weight is 357 g/mol. The van der Waals surface area contributed by atoms with Gasteiger partial charge in [0, 0.05) is 10.7 Å². The lowest BCUT2D eigenvalue weighted by atomic mass is 9.78. The number of anilines is 1. The minimum atomic E-state index is -0.503. The lowest BCUT2D eigenvalue weighted by molar-refractivity contribution is -0.121. The van der Waals surface area contributed by atoms with Crippen LogP contribution in [0.1, 0.15) is 36.8 Å². The summed E-state index contributed by atoms with van der Waals surface area (Å²) in [6.07, 6.45) is 3.94. The van der Waals surface area contributed by atoms with Crippen molar-refractivity contribution in [2.24, 2.45) is 5.73 Å². The fourth-order valence-corrected chi connectivity index (χ4v) is 3.68. The van der Waals surface area contributed by atoms with Gasteiger partial charge in [-0.3, -0.25) is 9.59 Å². The molecule has 3 rings (SSSR count). The van der Waals surface area contributed by atoms with E-state index in [1.807, 2.05) is 36.4 Å². The van der Waals surface area contributed by atoms with Gasteiger partial charge >= 0.3 is 0 Å². The normalized spacial score (nSPS) is 15.7. The quantitative estimate of drug-likeness (QED) is 0.854. The van der Waals surface area contributed by atoms with Gasteiger partial charge in [-0.15, -0.1) is 0 Å². The van der Waals surface area contributed by atoms with Crippen molar-refractivity contribution in [1.82, 2.24) is 0 Å². The van der Waals surface area contributed by atoms with Crippen molar-refractivity contribution in [3.8, 4) is 0 Å². The first-order chi connectivity index (χ1) is 12.0. The van der Waals surface area contributed by atoms with Crippen LogP contribution >= 0.6 is 11.6 Å².